The SMILES string of the molecule is Cn1c(=O)n(C2CCC(=O)NC2=O)c2ccc(C3CCNCC3)cc21.N#CB1CCC(OC2CCC2)CC1. The first-order chi connectivity index (χ1) is 18.4. The number of imidazole rings is 1. The van der Waals surface area contributed by atoms with Crippen LogP contribution < -0.4 is 16.3 Å². The molecule has 202 valence electrons. The molecule has 38 heavy (non-hydrogen) atoms. The summed E-state index contributed by atoms with van der Waals surface area (Å²) >= 11 is 0. The first-order valence-electron chi connectivity index (χ1n) is 14.2. The Labute approximate surface area is 224 Å². The first-order valence-corrected chi connectivity index (χ1v) is 14.2. The molecule has 0 radical (unpaired) electrons. The summed E-state index contributed by atoms with van der Waals surface area (Å²) in [5.74, 6) is 2.18. The van der Waals surface area contributed by atoms with E-state index < -0.39 is 11.9 Å². The van der Waals surface area contributed by atoms with Gasteiger partial charge in [-0.1, -0.05) is 18.7 Å². The topological polar surface area (TPSA) is 118 Å². The molecular weight excluding hydrogens is 481 g/mol. The van der Waals surface area contributed by atoms with E-state index in [1.807, 2.05) is 6.07 Å². The van der Waals surface area contributed by atoms with Crippen LogP contribution in [0.4, 0.5) is 0 Å². The number of carbonyl (C=O) groups is 2. The number of nitriles is 1. The number of rotatable bonds is 4. The molecule has 3 aliphatic heterocycles. The highest BCUT2D eigenvalue weighted by atomic mass is 16.5. The highest BCUT2D eigenvalue weighted by Gasteiger charge is 2.32. The van der Waals surface area contributed by atoms with E-state index in [1.165, 1.54) is 29.4 Å². The molecule has 1 unspecified atom stereocenters. The summed E-state index contributed by atoms with van der Waals surface area (Å²) in [6.45, 7) is 2.33. The van der Waals surface area contributed by atoms with Crippen molar-refractivity contribution in [3.05, 3.63) is 34.2 Å². The maximum absolute atomic E-state index is 12.8. The van der Waals surface area contributed by atoms with E-state index in [2.05, 4.69) is 28.7 Å². The molecular formula is C28H38BN5O4. The van der Waals surface area contributed by atoms with Crippen LogP contribution in [0.3, 0.4) is 0 Å². The Kier molecular flexibility index (Phi) is 8.34. The quantitative estimate of drug-likeness (QED) is 0.474. The molecule has 4 fully saturated rings. The number of nitrogens with one attached hydrogen (secondary N) is 2. The smallest absolute Gasteiger partial charge is 0.329 e. The van der Waals surface area contributed by atoms with Crippen LogP contribution in [0.5, 0.6) is 0 Å². The van der Waals surface area contributed by atoms with Gasteiger partial charge in [-0.05, 0) is 88.1 Å². The third-order valence-electron chi connectivity index (χ3n) is 8.74. The lowest BCUT2D eigenvalue weighted by atomic mass is 9.42. The Morgan fingerprint density at radius 3 is 2.32 bits per heavy atom. The number of benzene rings is 1. The highest BCUT2D eigenvalue weighted by molar-refractivity contribution is 6.67. The number of piperidine rings is 2. The third-order valence-corrected chi connectivity index (χ3v) is 8.74. The number of ether oxygens (including phenoxy) is 1. The summed E-state index contributed by atoms with van der Waals surface area (Å²) in [7, 11) is 1.74. The number of aryl methyl sites for hydroxylation is 1. The molecule has 4 aliphatic rings. The van der Waals surface area contributed by atoms with Crippen molar-refractivity contribution in [2.45, 2.75) is 94.6 Å². The minimum absolute atomic E-state index is 0.216. The summed E-state index contributed by atoms with van der Waals surface area (Å²) in [6.07, 6.45) is 12.0. The Balaban J connectivity index is 0.000000190. The largest absolute Gasteiger partial charge is 0.375 e. The van der Waals surface area contributed by atoms with Crippen LogP contribution >= 0.6 is 0 Å². The van der Waals surface area contributed by atoms with E-state index in [9.17, 15) is 14.4 Å². The Morgan fingerprint density at radius 2 is 1.68 bits per heavy atom. The number of aromatic nitrogens is 2. The van der Waals surface area contributed by atoms with E-state index in [-0.39, 0.29) is 18.0 Å². The van der Waals surface area contributed by atoms with Gasteiger partial charge in [-0.3, -0.25) is 24.0 Å². The zero-order valence-corrected chi connectivity index (χ0v) is 22.3. The van der Waals surface area contributed by atoms with Crippen molar-refractivity contribution >= 4 is 29.6 Å². The number of amides is 2. The summed E-state index contributed by atoms with van der Waals surface area (Å²) in [5.41, 5.74) is 2.61. The third kappa shape index (κ3) is 5.74. The molecule has 2 amide bonds. The average Bonchev–Trinajstić information content (AvgIpc) is 3.16. The molecule has 10 heteroatoms. The van der Waals surface area contributed by atoms with Crippen LogP contribution in [0.1, 0.15) is 75.3 Å². The van der Waals surface area contributed by atoms with Crippen LogP contribution in [-0.2, 0) is 21.4 Å². The molecule has 2 N–H and O–H groups in total. The standard InChI is InChI=1S/C18H22N4O3.C10H16BNO/c1-21-15-10-12(11-6-8-19-9-7-11)2-3-13(15)22(18(21)25)14-4-5-16(23)20-17(14)24;12-8-11-6-4-10(5-7-11)13-9-2-1-3-9/h2-3,10-11,14,19H,4-9H2,1H3,(H,20,23,24);9-10H,1-7H2. The Hall–Kier alpha value is -2.90. The van der Waals surface area contributed by atoms with Gasteiger partial charge in [-0.2, -0.15) is 0 Å². The minimum Gasteiger partial charge on any atom is -0.375 e. The van der Waals surface area contributed by atoms with Gasteiger partial charge in [0.15, 0.2) is 0 Å². The van der Waals surface area contributed by atoms with Crippen molar-refractivity contribution in [1.82, 2.24) is 19.8 Å². The molecule has 0 bridgehead atoms. The molecule has 1 aliphatic carbocycles. The number of carbonyl (C=O) groups excluding carboxylic acids is 2. The lowest BCUT2D eigenvalue weighted by Crippen LogP contribution is -2.44. The predicted molar refractivity (Wildman–Crippen MR) is 146 cm³/mol. The van der Waals surface area contributed by atoms with Crippen LogP contribution in [0.2, 0.25) is 12.6 Å². The molecule has 1 aromatic heterocycles. The molecule has 6 rings (SSSR count). The molecule has 1 atom stereocenters. The number of hydrogen-bond donors (Lipinski definition) is 2. The van der Waals surface area contributed by atoms with Crippen LogP contribution in [0.15, 0.2) is 23.0 Å². The van der Waals surface area contributed by atoms with Gasteiger partial charge in [0.1, 0.15) is 6.04 Å². The number of hydrogen-bond acceptors (Lipinski definition) is 6. The van der Waals surface area contributed by atoms with Crippen molar-refractivity contribution < 1.29 is 14.3 Å². The second-order valence-corrected chi connectivity index (χ2v) is 11.2. The van der Waals surface area contributed by atoms with Crippen LogP contribution in [0, 0.1) is 11.2 Å². The molecule has 0 spiro atoms. The molecule has 9 nitrogen and oxygen atoms in total. The first kappa shape index (κ1) is 26.7. The number of imide groups is 1. The van der Waals surface area contributed by atoms with Crippen molar-refractivity contribution in [2.75, 3.05) is 13.1 Å². The fourth-order valence-electron chi connectivity index (χ4n) is 6.13. The molecule has 1 aromatic carbocycles. The molecule has 4 heterocycles. The van der Waals surface area contributed by atoms with E-state index in [4.69, 9.17) is 10.00 Å². The maximum Gasteiger partial charge on any atom is 0.329 e. The van der Waals surface area contributed by atoms with Crippen LogP contribution in [0.25, 0.3) is 11.0 Å². The van der Waals surface area contributed by atoms with E-state index in [0.717, 1.165) is 62.4 Å². The van der Waals surface area contributed by atoms with Gasteiger partial charge in [-0.15, -0.1) is 0 Å². The van der Waals surface area contributed by atoms with Gasteiger partial charge in [0.25, 0.3) is 6.71 Å². The van der Waals surface area contributed by atoms with Crippen molar-refractivity contribution in [3.8, 4) is 5.97 Å². The fraction of sp³-hybridized carbons (Fsp3) is 0.643. The fourth-order valence-corrected chi connectivity index (χ4v) is 6.13. The summed E-state index contributed by atoms with van der Waals surface area (Å²) in [5, 5.41) is 14.4. The Bertz CT molecular complexity index is 1260. The Morgan fingerprint density at radius 1 is 0.974 bits per heavy atom. The minimum atomic E-state index is -0.626. The molecule has 1 saturated carbocycles. The van der Waals surface area contributed by atoms with Crippen molar-refractivity contribution in [2.24, 2.45) is 7.05 Å². The van der Waals surface area contributed by atoms with E-state index >= 15 is 0 Å². The lowest BCUT2D eigenvalue weighted by Gasteiger charge is -2.32. The average molecular weight is 519 g/mol. The predicted octanol–water partition coefficient (Wildman–Crippen LogP) is 3.06. The van der Waals surface area contributed by atoms with Gasteiger partial charge >= 0.3 is 5.69 Å². The summed E-state index contributed by atoms with van der Waals surface area (Å²) < 4.78 is 9.04. The zero-order chi connectivity index (χ0) is 26.6. The van der Waals surface area contributed by atoms with Gasteiger partial charge in [0, 0.05) is 19.4 Å². The summed E-state index contributed by atoms with van der Waals surface area (Å²) in [6, 6.07) is 5.46. The number of nitrogens with zero attached hydrogens (tertiary/aromatic N) is 3. The van der Waals surface area contributed by atoms with Crippen molar-refractivity contribution in [1.29, 1.82) is 5.26 Å². The van der Waals surface area contributed by atoms with Gasteiger partial charge in [0.05, 0.1) is 23.2 Å². The van der Waals surface area contributed by atoms with Crippen molar-refractivity contribution in [3.63, 3.8) is 0 Å². The van der Waals surface area contributed by atoms with Gasteiger partial charge < -0.3 is 10.1 Å². The highest BCUT2D eigenvalue weighted by Crippen LogP contribution is 2.30. The van der Waals surface area contributed by atoms with Gasteiger partial charge in [-0.25, -0.2) is 10.1 Å². The summed E-state index contributed by atoms with van der Waals surface area (Å²) in [4.78, 5) is 36.4. The van der Waals surface area contributed by atoms with E-state index in [0.29, 0.717) is 31.3 Å². The second kappa shape index (κ2) is 11.9. The number of fused-ring (bicyclic) bond motifs is 1. The van der Waals surface area contributed by atoms with Crippen LogP contribution in [-0.4, -0.2) is 53.0 Å². The normalized spacial score (nSPS) is 23.4. The second-order valence-electron chi connectivity index (χ2n) is 11.2. The molecule has 3 saturated heterocycles. The van der Waals surface area contributed by atoms with Gasteiger partial charge in [0.2, 0.25) is 11.8 Å². The van der Waals surface area contributed by atoms with E-state index in [1.54, 1.807) is 11.6 Å². The molecule has 2 aromatic rings. The zero-order valence-electron chi connectivity index (χ0n) is 22.3. The monoisotopic (exact) mass is 519 g/mol. The maximum atomic E-state index is 12.8. The lowest BCUT2D eigenvalue weighted by molar-refractivity contribution is -0.135.